The minimum absolute atomic E-state index is 0. The van der Waals surface area contributed by atoms with Crippen LogP contribution in [0, 0.1) is 0 Å². The van der Waals surface area contributed by atoms with E-state index < -0.39 is 16.1 Å². The lowest BCUT2D eigenvalue weighted by Crippen LogP contribution is -2.48. The molecule has 132 valence electrons. The van der Waals surface area contributed by atoms with E-state index in [1.807, 2.05) is 13.8 Å². The van der Waals surface area contributed by atoms with Crippen LogP contribution in [0.2, 0.25) is 0 Å². The van der Waals surface area contributed by atoms with E-state index in [1.165, 1.54) is 15.6 Å². The lowest BCUT2D eigenvalue weighted by Gasteiger charge is -2.23. The number of sulfonamides is 1. The Hall–Kier alpha value is -0.670. The third-order valence-electron chi connectivity index (χ3n) is 3.70. The number of hydrogen-bond donors (Lipinski definition) is 2. The number of hydrogen-bond acceptors (Lipinski definition) is 5. The zero-order chi connectivity index (χ0) is 16.2. The highest BCUT2D eigenvalue weighted by Gasteiger charge is 2.39. The van der Waals surface area contributed by atoms with Crippen LogP contribution in [0.25, 0.3) is 0 Å². The van der Waals surface area contributed by atoms with Crippen molar-refractivity contribution in [2.45, 2.75) is 43.0 Å². The molecule has 1 aromatic heterocycles. The van der Waals surface area contributed by atoms with E-state index in [4.69, 9.17) is 0 Å². The maximum Gasteiger partial charge on any atom is 0.253 e. The van der Waals surface area contributed by atoms with Crippen LogP contribution in [0.15, 0.2) is 21.7 Å². The van der Waals surface area contributed by atoms with Crippen LogP contribution >= 0.6 is 23.7 Å². The van der Waals surface area contributed by atoms with Crippen molar-refractivity contribution in [3.63, 3.8) is 0 Å². The molecule has 0 radical (unpaired) electrons. The largest absolute Gasteiger partial charge is 0.353 e. The molecule has 1 amide bonds. The first kappa shape index (κ1) is 20.4. The normalized spacial score (nSPS) is 20.0. The molecular formula is C14H24ClN3O3S2. The highest BCUT2D eigenvalue weighted by molar-refractivity contribution is 7.91. The van der Waals surface area contributed by atoms with Crippen LogP contribution in [-0.2, 0) is 14.8 Å². The maximum absolute atomic E-state index is 12.6. The monoisotopic (exact) mass is 381 g/mol. The quantitative estimate of drug-likeness (QED) is 0.749. The molecule has 23 heavy (non-hydrogen) atoms. The number of amides is 1. The number of carbonyl (C=O) groups is 1. The number of nitrogens with zero attached hydrogens (tertiary/aromatic N) is 1. The van der Waals surface area contributed by atoms with Gasteiger partial charge in [0.15, 0.2) is 0 Å². The smallest absolute Gasteiger partial charge is 0.253 e. The summed E-state index contributed by atoms with van der Waals surface area (Å²) in [6.07, 6.45) is 1.29. The third kappa shape index (κ3) is 4.90. The summed E-state index contributed by atoms with van der Waals surface area (Å²) in [6, 6.07) is 2.86. The average Bonchev–Trinajstić information content (AvgIpc) is 3.15. The Morgan fingerprint density at radius 2 is 2.26 bits per heavy atom. The SMILES string of the molecule is CCN[C@H](C)CNC(=O)C1CCCN1S(=O)(=O)c1cccs1.Cl. The summed E-state index contributed by atoms with van der Waals surface area (Å²) < 4.78 is 26.8. The van der Waals surface area contributed by atoms with Crippen molar-refractivity contribution < 1.29 is 13.2 Å². The number of halogens is 1. The van der Waals surface area contributed by atoms with Gasteiger partial charge in [0.1, 0.15) is 10.3 Å². The number of nitrogens with one attached hydrogen (secondary N) is 2. The van der Waals surface area contributed by atoms with Crippen LogP contribution < -0.4 is 10.6 Å². The van der Waals surface area contributed by atoms with Gasteiger partial charge in [0.25, 0.3) is 10.0 Å². The van der Waals surface area contributed by atoms with Crippen LogP contribution in [0.3, 0.4) is 0 Å². The molecule has 1 aliphatic rings. The minimum Gasteiger partial charge on any atom is -0.353 e. The lowest BCUT2D eigenvalue weighted by atomic mass is 10.2. The summed E-state index contributed by atoms with van der Waals surface area (Å²) in [5, 5.41) is 7.80. The van der Waals surface area contributed by atoms with Crippen molar-refractivity contribution in [2.24, 2.45) is 0 Å². The van der Waals surface area contributed by atoms with Gasteiger partial charge < -0.3 is 10.6 Å². The van der Waals surface area contributed by atoms with Crippen LogP contribution in [-0.4, -0.2) is 50.3 Å². The predicted molar refractivity (Wildman–Crippen MR) is 94.6 cm³/mol. The van der Waals surface area contributed by atoms with Crippen LogP contribution in [0.4, 0.5) is 0 Å². The minimum atomic E-state index is -3.56. The van der Waals surface area contributed by atoms with Gasteiger partial charge in [-0.25, -0.2) is 8.42 Å². The van der Waals surface area contributed by atoms with Gasteiger partial charge in [0.2, 0.25) is 5.91 Å². The molecule has 2 atom stereocenters. The lowest BCUT2D eigenvalue weighted by molar-refractivity contribution is -0.124. The topological polar surface area (TPSA) is 78.5 Å². The fourth-order valence-corrected chi connectivity index (χ4v) is 5.38. The summed E-state index contributed by atoms with van der Waals surface area (Å²) in [4.78, 5) is 12.3. The molecule has 2 heterocycles. The van der Waals surface area contributed by atoms with E-state index in [0.717, 1.165) is 6.54 Å². The van der Waals surface area contributed by atoms with Gasteiger partial charge in [-0.05, 0) is 37.8 Å². The Bertz CT molecular complexity index is 592. The van der Waals surface area contributed by atoms with Crippen molar-refractivity contribution in [1.82, 2.24) is 14.9 Å². The molecule has 1 saturated heterocycles. The summed E-state index contributed by atoms with van der Waals surface area (Å²) >= 11 is 1.18. The van der Waals surface area contributed by atoms with Gasteiger partial charge in [0.05, 0.1) is 0 Å². The second kappa shape index (κ2) is 8.98. The van der Waals surface area contributed by atoms with Gasteiger partial charge in [-0.2, -0.15) is 4.31 Å². The average molecular weight is 382 g/mol. The molecule has 2 rings (SSSR count). The predicted octanol–water partition coefficient (Wildman–Crippen LogP) is 1.44. The summed E-state index contributed by atoms with van der Waals surface area (Å²) in [5.74, 6) is -0.206. The van der Waals surface area contributed by atoms with E-state index in [9.17, 15) is 13.2 Å². The third-order valence-corrected chi connectivity index (χ3v) is 6.98. The Morgan fingerprint density at radius 1 is 1.52 bits per heavy atom. The fourth-order valence-electron chi connectivity index (χ4n) is 2.61. The van der Waals surface area contributed by atoms with Gasteiger partial charge in [0, 0.05) is 19.1 Å². The first-order chi connectivity index (χ1) is 10.5. The molecule has 9 heteroatoms. The zero-order valence-corrected chi connectivity index (χ0v) is 15.8. The number of rotatable bonds is 7. The Kier molecular flexibility index (Phi) is 7.96. The highest BCUT2D eigenvalue weighted by atomic mass is 35.5. The molecule has 1 aromatic rings. The molecule has 0 aromatic carbocycles. The van der Waals surface area contributed by atoms with Gasteiger partial charge in [-0.3, -0.25) is 4.79 Å². The van der Waals surface area contributed by atoms with Crippen molar-refractivity contribution in [3.8, 4) is 0 Å². The molecule has 1 unspecified atom stereocenters. The van der Waals surface area contributed by atoms with E-state index in [2.05, 4.69) is 10.6 Å². The number of carbonyl (C=O) groups excluding carboxylic acids is 1. The van der Waals surface area contributed by atoms with E-state index in [0.29, 0.717) is 30.1 Å². The van der Waals surface area contributed by atoms with Gasteiger partial charge >= 0.3 is 0 Å². The van der Waals surface area contributed by atoms with Crippen molar-refractivity contribution in [2.75, 3.05) is 19.6 Å². The van der Waals surface area contributed by atoms with E-state index >= 15 is 0 Å². The van der Waals surface area contributed by atoms with Gasteiger partial charge in [-0.15, -0.1) is 23.7 Å². The highest BCUT2D eigenvalue weighted by Crippen LogP contribution is 2.28. The molecule has 0 spiro atoms. The molecular weight excluding hydrogens is 358 g/mol. The molecule has 0 aliphatic carbocycles. The first-order valence-electron chi connectivity index (χ1n) is 7.53. The molecule has 2 N–H and O–H groups in total. The first-order valence-corrected chi connectivity index (χ1v) is 9.85. The maximum atomic E-state index is 12.6. The second-order valence-electron chi connectivity index (χ2n) is 5.41. The van der Waals surface area contributed by atoms with Crippen LogP contribution in [0.5, 0.6) is 0 Å². The Labute approximate surface area is 148 Å². The second-order valence-corrected chi connectivity index (χ2v) is 8.47. The standard InChI is InChI=1S/C14H23N3O3S2.ClH/c1-3-15-11(2)10-16-14(18)12-6-4-8-17(12)22(19,20)13-7-5-9-21-13;/h5,7,9,11-12,15H,3-4,6,8,10H2,1-2H3,(H,16,18);1H/t11-,12?;/m1./s1. The Morgan fingerprint density at radius 3 is 2.87 bits per heavy atom. The van der Waals surface area contributed by atoms with E-state index in [1.54, 1.807) is 17.5 Å². The zero-order valence-electron chi connectivity index (χ0n) is 13.3. The molecule has 1 aliphatic heterocycles. The van der Waals surface area contributed by atoms with Crippen LogP contribution in [0.1, 0.15) is 26.7 Å². The van der Waals surface area contributed by atoms with E-state index in [-0.39, 0.29) is 24.4 Å². The molecule has 1 fully saturated rings. The van der Waals surface area contributed by atoms with Crippen molar-refractivity contribution >= 4 is 39.7 Å². The fraction of sp³-hybridized carbons (Fsp3) is 0.643. The van der Waals surface area contributed by atoms with Crippen molar-refractivity contribution in [1.29, 1.82) is 0 Å². The summed E-state index contributed by atoms with van der Waals surface area (Å²) in [7, 11) is -3.56. The molecule has 0 saturated carbocycles. The molecule has 0 bridgehead atoms. The number of thiophene rings is 1. The summed E-state index contributed by atoms with van der Waals surface area (Å²) in [6.45, 7) is 5.72. The van der Waals surface area contributed by atoms with Crippen molar-refractivity contribution in [3.05, 3.63) is 17.5 Å². The number of likely N-dealkylation sites (N-methyl/N-ethyl adjacent to an activating group) is 1. The molecule has 6 nitrogen and oxygen atoms in total. The van der Waals surface area contributed by atoms with Gasteiger partial charge in [-0.1, -0.05) is 13.0 Å². The summed E-state index contributed by atoms with van der Waals surface area (Å²) in [5.41, 5.74) is 0. The Balaban J connectivity index is 0.00000264.